The Morgan fingerprint density at radius 2 is 1.24 bits per heavy atom. The van der Waals surface area contributed by atoms with Crippen LogP contribution >= 0.6 is 16.0 Å². The smallest absolute Gasteiger partial charge is 0.330 e. The van der Waals surface area contributed by atoms with Crippen molar-refractivity contribution in [1.82, 2.24) is 4.90 Å². The Morgan fingerprint density at radius 3 is 1.67 bits per heavy atom. The molecule has 0 bridgehead atoms. The zero-order chi connectivity index (χ0) is 24.1. The summed E-state index contributed by atoms with van der Waals surface area (Å²) in [6.45, 7) is 2.21. The van der Waals surface area contributed by atoms with Gasteiger partial charge in [0.1, 0.15) is 0 Å². The summed E-state index contributed by atoms with van der Waals surface area (Å²) in [6.07, 6.45) is 2.78. The lowest BCUT2D eigenvalue weighted by molar-refractivity contribution is 0.184. The highest BCUT2D eigenvalue weighted by atomic mass is 31.2. The summed E-state index contributed by atoms with van der Waals surface area (Å²) in [6, 6.07) is 16.9. The van der Waals surface area contributed by atoms with Gasteiger partial charge in [0.2, 0.25) is 0 Å². The van der Waals surface area contributed by atoms with Crippen molar-refractivity contribution in [2.24, 2.45) is 0 Å². The van der Waals surface area contributed by atoms with Gasteiger partial charge >= 0.3 is 7.60 Å². The van der Waals surface area contributed by atoms with Crippen LogP contribution in [0.15, 0.2) is 48.5 Å². The fourth-order valence-corrected chi connectivity index (χ4v) is 5.50. The summed E-state index contributed by atoms with van der Waals surface area (Å²) >= 11 is 0. The highest BCUT2D eigenvalue weighted by Crippen LogP contribution is 2.46. The van der Waals surface area contributed by atoms with Crippen molar-refractivity contribution in [2.45, 2.75) is 25.9 Å². The number of aryl methyl sites for hydroxylation is 2. The topological polar surface area (TPSA) is 77.5 Å². The number of nitrogens with zero attached hydrogens (tertiary/aromatic N) is 1. The Balaban J connectivity index is 1.91. The van der Waals surface area contributed by atoms with Crippen molar-refractivity contribution in [3.8, 4) is 0 Å². The standard InChI is InChI=1S/C24H37NO6P2/c1-28-32(29-2)17-13-21-5-9-23(10-6-21)19-25(15-16-26)20-24-11-7-22(8-12-24)14-18-33(27,30-3)31-4/h5-12,26H,13-20H2,1-4H3. The van der Waals surface area contributed by atoms with Crippen molar-refractivity contribution in [2.75, 3.05) is 53.9 Å². The first-order chi connectivity index (χ1) is 15.9. The monoisotopic (exact) mass is 497 g/mol. The van der Waals surface area contributed by atoms with Gasteiger partial charge in [0.15, 0.2) is 8.38 Å². The Bertz CT molecular complexity index is 835. The van der Waals surface area contributed by atoms with Gasteiger partial charge in [0.05, 0.1) is 12.8 Å². The maximum Gasteiger partial charge on any atom is 0.330 e. The van der Waals surface area contributed by atoms with Gasteiger partial charge in [-0.15, -0.1) is 0 Å². The molecule has 0 fully saturated rings. The molecule has 0 aromatic heterocycles. The Labute approximate surface area is 199 Å². The second kappa shape index (κ2) is 15.0. The van der Waals surface area contributed by atoms with Crippen LogP contribution in [-0.4, -0.2) is 63.9 Å². The Hall–Kier alpha value is -1.14. The van der Waals surface area contributed by atoms with Crippen LogP contribution in [0.5, 0.6) is 0 Å². The molecule has 0 radical (unpaired) electrons. The molecule has 33 heavy (non-hydrogen) atoms. The van der Waals surface area contributed by atoms with Crippen LogP contribution in [0.2, 0.25) is 0 Å². The zero-order valence-corrected chi connectivity index (χ0v) is 21.9. The molecule has 2 aromatic carbocycles. The van der Waals surface area contributed by atoms with Gasteiger partial charge in [-0.05, 0) is 35.1 Å². The molecule has 1 N–H and O–H groups in total. The van der Waals surface area contributed by atoms with Crippen molar-refractivity contribution in [1.29, 1.82) is 0 Å². The molecule has 0 aliphatic heterocycles. The van der Waals surface area contributed by atoms with Crippen molar-refractivity contribution < 1.29 is 27.8 Å². The minimum Gasteiger partial charge on any atom is -0.395 e. The van der Waals surface area contributed by atoms with E-state index in [1.54, 1.807) is 14.2 Å². The molecule has 0 aliphatic rings. The van der Waals surface area contributed by atoms with Crippen molar-refractivity contribution in [3.63, 3.8) is 0 Å². The summed E-state index contributed by atoms with van der Waals surface area (Å²) in [5.74, 6) is 0. The Kier molecular flexibility index (Phi) is 12.8. The predicted molar refractivity (Wildman–Crippen MR) is 134 cm³/mol. The first-order valence-corrected chi connectivity index (χ1v) is 14.1. The van der Waals surface area contributed by atoms with Crippen LogP contribution in [0, 0.1) is 0 Å². The molecule has 0 saturated carbocycles. The summed E-state index contributed by atoms with van der Waals surface area (Å²) in [5.41, 5.74) is 4.72. The number of rotatable bonds is 16. The van der Waals surface area contributed by atoms with E-state index < -0.39 is 16.0 Å². The molecular formula is C24H37NO6P2. The molecule has 0 aliphatic carbocycles. The molecule has 7 nitrogen and oxygen atoms in total. The molecule has 0 heterocycles. The van der Waals surface area contributed by atoms with Gasteiger partial charge in [-0.3, -0.25) is 9.46 Å². The Morgan fingerprint density at radius 1 is 0.788 bits per heavy atom. The molecule has 184 valence electrons. The highest BCUT2D eigenvalue weighted by molar-refractivity contribution is 7.53. The van der Waals surface area contributed by atoms with E-state index in [0.29, 0.717) is 19.1 Å². The summed E-state index contributed by atoms with van der Waals surface area (Å²) < 4.78 is 32.8. The number of aliphatic hydroxyl groups is 1. The lowest BCUT2D eigenvalue weighted by atomic mass is 10.1. The van der Waals surface area contributed by atoms with Gasteiger partial charge in [0, 0.05) is 54.2 Å². The molecule has 2 rings (SSSR count). The quantitative estimate of drug-likeness (QED) is 0.332. The number of benzene rings is 2. The lowest BCUT2D eigenvalue weighted by Gasteiger charge is -2.22. The minimum atomic E-state index is -2.99. The van der Waals surface area contributed by atoms with Gasteiger partial charge < -0.3 is 23.2 Å². The van der Waals surface area contributed by atoms with E-state index in [4.69, 9.17) is 18.1 Å². The fraction of sp³-hybridized carbons (Fsp3) is 0.500. The summed E-state index contributed by atoms with van der Waals surface area (Å²) in [7, 11) is 2.39. The van der Waals surface area contributed by atoms with Crippen LogP contribution in [0.25, 0.3) is 0 Å². The lowest BCUT2D eigenvalue weighted by Crippen LogP contribution is -2.26. The second-order valence-electron chi connectivity index (χ2n) is 7.69. The van der Waals surface area contributed by atoms with Gasteiger partial charge in [0.25, 0.3) is 0 Å². The predicted octanol–water partition coefficient (Wildman–Crippen LogP) is 4.86. The van der Waals surface area contributed by atoms with E-state index in [0.717, 1.165) is 36.8 Å². The third kappa shape index (κ3) is 9.94. The summed E-state index contributed by atoms with van der Waals surface area (Å²) in [5, 5.41) is 9.53. The maximum atomic E-state index is 12.2. The largest absolute Gasteiger partial charge is 0.395 e. The van der Waals surface area contributed by atoms with Crippen LogP contribution in [-0.2, 0) is 48.6 Å². The second-order valence-corrected chi connectivity index (χ2v) is 11.9. The molecule has 2 aromatic rings. The van der Waals surface area contributed by atoms with Crippen LogP contribution in [0.3, 0.4) is 0 Å². The van der Waals surface area contributed by atoms with Crippen LogP contribution in [0.1, 0.15) is 22.3 Å². The van der Waals surface area contributed by atoms with Gasteiger partial charge in [-0.2, -0.15) is 0 Å². The van der Waals surface area contributed by atoms with Crippen LogP contribution < -0.4 is 0 Å². The third-order valence-electron chi connectivity index (χ3n) is 5.50. The van der Waals surface area contributed by atoms with E-state index in [9.17, 15) is 9.67 Å². The molecule has 0 atom stereocenters. The summed E-state index contributed by atoms with van der Waals surface area (Å²) in [4.78, 5) is 2.23. The molecule has 0 unspecified atom stereocenters. The van der Waals surface area contributed by atoms with Crippen LogP contribution in [0.4, 0.5) is 0 Å². The SMILES string of the molecule is COP(CCc1ccc(CN(CCO)Cc2ccc(CCP(=O)(OC)OC)cc2)cc1)OC. The first kappa shape index (κ1) is 28.1. The molecular weight excluding hydrogens is 460 g/mol. The maximum absolute atomic E-state index is 12.2. The third-order valence-corrected chi connectivity index (χ3v) is 8.78. The number of hydrogen-bond acceptors (Lipinski definition) is 7. The fourth-order valence-electron chi connectivity index (χ4n) is 3.50. The van der Waals surface area contributed by atoms with Crippen molar-refractivity contribution >= 4 is 16.0 Å². The normalized spacial score (nSPS) is 12.1. The van der Waals surface area contributed by atoms with E-state index in [1.165, 1.54) is 25.3 Å². The minimum absolute atomic E-state index is 0.108. The van der Waals surface area contributed by atoms with Gasteiger partial charge in [-0.25, -0.2) is 0 Å². The molecule has 9 heteroatoms. The average molecular weight is 498 g/mol. The first-order valence-electron chi connectivity index (χ1n) is 11.0. The van der Waals surface area contributed by atoms with Crippen molar-refractivity contribution in [3.05, 3.63) is 70.8 Å². The average Bonchev–Trinajstić information content (AvgIpc) is 2.85. The molecule has 0 amide bonds. The highest BCUT2D eigenvalue weighted by Gasteiger charge is 2.20. The zero-order valence-electron chi connectivity index (χ0n) is 20.1. The number of aliphatic hydroxyl groups excluding tert-OH is 1. The molecule has 0 spiro atoms. The van der Waals surface area contributed by atoms with Gasteiger partial charge in [-0.1, -0.05) is 48.5 Å². The van der Waals surface area contributed by atoms with E-state index in [-0.39, 0.29) is 6.61 Å². The molecule has 0 saturated heterocycles. The van der Waals surface area contributed by atoms with E-state index in [1.807, 2.05) is 12.1 Å². The van der Waals surface area contributed by atoms with E-state index >= 15 is 0 Å². The van der Waals surface area contributed by atoms with E-state index in [2.05, 4.69) is 41.3 Å². The number of hydrogen-bond donors (Lipinski definition) is 1.